The minimum Gasteiger partial charge on any atom is -0.313 e. The van der Waals surface area contributed by atoms with E-state index in [0.717, 1.165) is 16.5 Å². The third-order valence-corrected chi connectivity index (χ3v) is 4.02. The molecule has 0 amide bonds. The van der Waals surface area contributed by atoms with Gasteiger partial charge in [0, 0.05) is 10.5 Å². The molecule has 0 spiro atoms. The molecule has 0 aliphatic rings. The van der Waals surface area contributed by atoms with Gasteiger partial charge in [0.2, 0.25) is 0 Å². The minimum atomic E-state index is -0.212. The van der Waals surface area contributed by atoms with Crippen LogP contribution in [0.2, 0.25) is 0 Å². The first-order valence-corrected chi connectivity index (χ1v) is 7.48. The Balaban J connectivity index is 2.30. The third-order valence-electron chi connectivity index (χ3n) is 3.56. The number of aryl methyl sites for hydroxylation is 2. The highest BCUT2D eigenvalue weighted by Crippen LogP contribution is 2.24. The number of hydrogen-bond acceptors (Lipinski definition) is 1. The Bertz CT molecular complexity index is 590. The third kappa shape index (κ3) is 3.68. The predicted octanol–water partition coefficient (Wildman–Crippen LogP) is 4.71. The van der Waals surface area contributed by atoms with E-state index in [9.17, 15) is 4.39 Å². The van der Waals surface area contributed by atoms with Crippen LogP contribution < -0.4 is 5.32 Å². The fourth-order valence-corrected chi connectivity index (χ4v) is 2.89. The quantitative estimate of drug-likeness (QED) is 0.853. The lowest BCUT2D eigenvalue weighted by atomic mass is 9.95. The van der Waals surface area contributed by atoms with Gasteiger partial charge in [0.05, 0.1) is 0 Å². The van der Waals surface area contributed by atoms with Crippen molar-refractivity contribution in [3.05, 3.63) is 68.9 Å². The molecule has 1 N–H and O–H groups in total. The molecule has 2 aromatic rings. The highest BCUT2D eigenvalue weighted by atomic mass is 79.9. The van der Waals surface area contributed by atoms with Crippen LogP contribution >= 0.6 is 15.9 Å². The van der Waals surface area contributed by atoms with E-state index in [-0.39, 0.29) is 11.9 Å². The highest BCUT2D eigenvalue weighted by molar-refractivity contribution is 9.10. The number of likely N-dealkylation sites (N-methyl/N-ethyl adjacent to an activating group) is 1. The first kappa shape index (κ1) is 15.2. The van der Waals surface area contributed by atoms with Gasteiger partial charge in [0.25, 0.3) is 0 Å². The Morgan fingerprint density at radius 2 is 1.90 bits per heavy atom. The fourth-order valence-electron chi connectivity index (χ4n) is 2.40. The van der Waals surface area contributed by atoms with Crippen molar-refractivity contribution < 1.29 is 4.39 Å². The van der Waals surface area contributed by atoms with E-state index in [1.165, 1.54) is 22.8 Å². The molecule has 1 unspecified atom stereocenters. The second-order valence-electron chi connectivity index (χ2n) is 5.18. The molecule has 0 aromatic heterocycles. The number of nitrogens with one attached hydrogen (secondary N) is 1. The van der Waals surface area contributed by atoms with Crippen molar-refractivity contribution in [2.24, 2.45) is 0 Å². The van der Waals surface area contributed by atoms with Gasteiger partial charge in [-0.1, -0.05) is 39.7 Å². The van der Waals surface area contributed by atoms with E-state index in [4.69, 9.17) is 0 Å². The predicted molar refractivity (Wildman–Crippen MR) is 85.5 cm³/mol. The molecule has 0 aliphatic heterocycles. The molecule has 106 valence electrons. The second kappa shape index (κ2) is 6.51. The summed E-state index contributed by atoms with van der Waals surface area (Å²) in [6.45, 7) is 4.21. The molecule has 0 heterocycles. The maximum atomic E-state index is 13.5. The molecule has 0 aliphatic carbocycles. The average molecular weight is 336 g/mol. The van der Waals surface area contributed by atoms with Gasteiger partial charge >= 0.3 is 0 Å². The standard InChI is InChI=1S/C17H19BrFN/c1-11-4-5-12(2)13(6-11)9-17(20-3)14-7-15(18)10-16(19)8-14/h4-8,10,17,20H,9H2,1-3H3. The SMILES string of the molecule is CNC(Cc1cc(C)ccc1C)c1cc(F)cc(Br)c1. The van der Waals surface area contributed by atoms with Gasteiger partial charge in [0.1, 0.15) is 5.82 Å². The van der Waals surface area contributed by atoms with Crippen LogP contribution in [0.5, 0.6) is 0 Å². The molecule has 1 atom stereocenters. The van der Waals surface area contributed by atoms with Crippen LogP contribution in [0.3, 0.4) is 0 Å². The van der Waals surface area contributed by atoms with Crippen LogP contribution in [0.4, 0.5) is 4.39 Å². The van der Waals surface area contributed by atoms with Gasteiger partial charge < -0.3 is 5.32 Å². The van der Waals surface area contributed by atoms with Gasteiger partial charge in [-0.05, 0) is 62.2 Å². The Hall–Kier alpha value is -1.19. The summed E-state index contributed by atoms with van der Waals surface area (Å²) >= 11 is 3.35. The summed E-state index contributed by atoms with van der Waals surface area (Å²) in [5.74, 6) is -0.212. The van der Waals surface area contributed by atoms with E-state index in [2.05, 4.69) is 53.3 Å². The van der Waals surface area contributed by atoms with Crippen molar-refractivity contribution in [2.75, 3.05) is 7.05 Å². The van der Waals surface area contributed by atoms with Crippen LogP contribution in [0.1, 0.15) is 28.3 Å². The van der Waals surface area contributed by atoms with Crippen LogP contribution in [0.25, 0.3) is 0 Å². The van der Waals surface area contributed by atoms with E-state index in [1.54, 1.807) is 6.07 Å². The molecule has 2 aromatic carbocycles. The molecular formula is C17H19BrFN. The van der Waals surface area contributed by atoms with Gasteiger partial charge in [-0.25, -0.2) is 4.39 Å². The molecule has 0 saturated heterocycles. The van der Waals surface area contributed by atoms with Crippen molar-refractivity contribution >= 4 is 15.9 Å². The summed E-state index contributed by atoms with van der Waals surface area (Å²) in [7, 11) is 1.91. The molecule has 0 saturated carbocycles. The smallest absolute Gasteiger partial charge is 0.124 e. The van der Waals surface area contributed by atoms with Crippen molar-refractivity contribution in [1.29, 1.82) is 0 Å². The van der Waals surface area contributed by atoms with Crippen molar-refractivity contribution in [3.63, 3.8) is 0 Å². The molecule has 0 radical (unpaired) electrons. The molecular weight excluding hydrogens is 317 g/mol. The maximum absolute atomic E-state index is 13.5. The van der Waals surface area contributed by atoms with Crippen molar-refractivity contribution in [2.45, 2.75) is 26.3 Å². The van der Waals surface area contributed by atoms with Gasteiger partial charge in [-0.15, -0.1) is 0 Å². The monoisotopic (exact) mass is 335 g/mol. The summed E-state index contributed by atoms with van der Waals surface area (Å²) in [6.07, 6.45) is 0.847. The summed E-state index contributed by atoms with van der Waals surface area (Å²) in [5, 5.41) is 3.28. The molecule has 0 bridgehead atoms. The minimum absolute atomic E-state index is 0.0995. The number of hydrogen-bond donors (Lipinski definition) is 1. The summed E-state index contributed by atoms with van der Waals surface area (Å²) in [6, 6.07) is 11.6. The molecule has 0 fully saturated rings. The van der Waals surface area contributed by atoms with E-state index >= 15 is 0 Å². The lowest BCUT2D eigenvalue weighted by Crippen LogP contribution is -2.19. The lowest BCUT2D eigenvalue weighted by molar-refractivity contribution is 0.575. The zero-order chi connectivity index (χ0) is 14.7. The largest absolute Gasteiger partial charge is 0.313 e. The first-order valence-electron chi connectivity index (χ1n) is 6.69. The van der Waals surface area contributed by atoms with Crippen LogP contribution in [-0.2, 0) is 6.42 Å². The zero-order valence-electron chi connectivity index (χ0n) is 12.0. The van der Waals surface area contributed by atoms with Crippen molar-refractivity contribution in [1.82, 2.24) is 5.32 Å². The van der Waals surface area contributed by atoms with Crippen LogP contribution in [-0.4, -0.2) is 7.05 Å². The summed E-state index contributed by atoms with van der Waals surface area (Å²) in [5.41, 5.74) is 4.78. The molecule has 1 nitrogen and oxygen atoms in total. The molecule has 20 heavy (non-hydrogen) atoms. The van der Waals surface area contributed by atoms with E-state index in [1.807, 2.05) is 13.1 Å². The fraction of sp³-hybridized carbons (Fsp3) is 0.294. The Morgan fingerprint density at radius 1 is 1.15 bits per heavy atom. The van der Waals surface area contributed by atoms with E-state index in [0.29, 0.717) is 0 Å². The van der Waals surface area contributed by atoms with Gasteiger partial charge in [0.15, 0.2) is 0 Å². The highest BCUT2D eigenvalue weighted by Gasteiger charge is 2.13. The normalized spacial score (nSPS) is 12.4. The van der Waals surface area contributed by atoms with Gasteiger partial charge in [-0.3, -0.25) is 0 Å². The van der Waals surface area contributed by atoms with Crippen LogP contribution in [0, 0.1) is 19.7 Å². The summed E-state index contributed by atoms with van der Waals surface area (Å²) in [4.78, 5) is 0. The topological polar surface area (TPSA) is 12.0 Å². The van der Waals surface area contributed by atoms with Crippen molar-refractivity contribution in [3.8, 4) is 0 Å². The van der Waals surface area contributed by atoms with Gasteiger partial charge in [-0.2, -0.15) is 0 Å². The number of halogens is 2. The second-order valence-corrected chi connectivity index (χ2v) is 6.09. The Morgan fingerprint density at radius 3 is 2.55 bits per heavy atom. The number of rotatable bonds is 4. The number of benzene rings is 2. The Kier molecular flexibility index (Phi) is 4.95. The lowest BCUT2D eigenvalue weighted by Gasteiger charge is -2.19. The molecule has 2 rings (SSSR count). The maximum Gasteiger partial charge on any atom is 0.124 e. The van der Waals surface area contributed by atoms with E-state index < -0.39 is 0 Å². The molecule has 3 heteroatoms. The van der Waals surface area contributed by atoms with Crippen LogP contribution in [0.15, 0.2) is 40.9 Å². The first-order chi connectivity index (χ1) is 9.49. The summed E-state index contributed by atoms with van der Waals surface area (Å²) < 4.78 is 14.3. The Labute approximate surface area is 128 Å². The zero-order valence-corrected chi connectivity index (χ0v) is 13.6. The average Bonchev–Trinajstić information content (AvgIpc) is 2.38.